The van der Waals surface area contributed by atoms with Crippen LogP contribution in [0, 0.1) is 0 Å². The third-order valence-corrected chi connectivity index (χ3v) is 9.65. The van der Waals surface area contributed by atoms with Crippen LogP contribution >= 0.6 is 38.0 Å². The van der Waals surface area contributed by atoms with Crippen LogP contribution in [-0.2, 0) is 22.8 Å². The van der Waals surface area contributed by atoms with Crippen LogP contribution in [0.1, 0.15) is 12.8 Å². The van der Waals surface area contributed by atoms with Crippen molar-refractivity contribution in [2.45, 2.75) is 18.1 Å². The number of rotatable bonds is 14. The van der Waals surface area contributed by atoms with Crippen LogP contribution in [-0.4, -0.2) is 96.9 Å². The van der Waals surface area contributed by atoms with Gasteiger partial charge in [0, 0.05) is 0 Å². The molecule has 182 valence electrons. The Bertz CT molecular complexity index is 747. The number of hydrogen-bond donors (Lipinski definition) is 10. The molecule has 0 bridgehead atoms. The van der Waals surface area contributed by atoms with E-state index in [0.29, 0.717) is 4.90 Å². The van der Waals surface area contributed by atoms with Gasteiger partial charge in [-0.05, 0) is 25.9 Å². The van der Waals surface area contributed by atoms with Crippen molar-refractivity contribution in [3.63, 3.8) is 0 Å². The van der Waals surface area contributed by atoms with E-state index in [-0.39, 0.29) is 0 Å². The molecular formula is C9H26NO15P5. The summed E-state index contributed by atoms with van der Waals surface area (Å²) in [4.78, 5) is 93.2. The molecule has 0 atom stereocenters. The monoisotopic (exact) mass is 543 g/mol. The Balaban J connectivity index is 6.31. The Kier molecular flexibility index (Phi) is 11.0. The van der Waals surface area contributed by atoms with Gasteiger partial charge in [-0.2, -0.15) is 0 Å². The van der Waals surface area contributed by atoms with Gasteiger partial charge >= 0.3 is 38.0 Å². The van der Waals surface area contributed by atoms with Crippen molar-refractivity contribution in [3.8, 4) is 0 Å². The second-order valence-corrected chi connectivity index (χ2v) is 15.4. The van der Waals surface area contributed by atoms with Gasteiger partial charge in [-0.15, -0.1) is 0 Å². The SMILES string of the molecule is O=P(O)(O)CCCN(CCCP(=O)(O)O)C(CP(=O)(O)O)(CP(=O)(O)O)P(=O)(O)O. The van der Waals surface area contributed by atoms with Gasteiger partial charge in [-0.3, -0.25) is 27.7 Å². The van der Waals surface area contributed by atoms with Crippen LogP contribution in [0.2, 0.25) is 0 Å². The fourth-order valence-corrected chi connectivity index (χ4v) is 9.12. The molecule has 0 radical (unpaired) electrons. The van der Waals surface area contributed by atoms with Gasteiger partial charge in [-0.1, -0.05) is 0 Å². The van der Waals surface area contributed by atoms with Gasteiger partial charge in [0.05, 0.1) is 24.6 Å². The van der Waals surface area contributed by atoms with Gasteiger partial charge in [0.1, 0.15) is 5.28 Å². The average Bonchev–Trinajstić information content (AvgIpc) is 2.37. The van der Waals surface area contributed by atoms with E-state index in [1.54, 1.807) is 0 Å². The fourth-order valence-electron chi connectivity index (χ4n) is 2.74. The summed E-state index contributed by atoms with van der Waals surface area (Å²) < 4.78 is 57.4. The zero-order chi connectivity index (χ0) is 24.2. The molecule has 0 unspecified atom stereocenters. The molecule has 16 nitrogen and oxygen atoms in total. The summed E-state index contributed by atoms with van der Waals surface area (Å²) in [7, 11) is -25.6. The fraction of sp³-hybridized carbons (Fsp3) is 1.00. The van der Waals surface area contributed by atoms with Crippen molar-refractivity contribution in [1.29, 1.82) is 0 Å². The van der Waals surface area contributed by atoms with Gasteiger partial charge in [0.25, 0.3) is 0 Å². The highest BCUT2D eigenvalue weighted by Crippen LogP contribution is 2.62. The van der Waals surface area contributed by atoms with Gasteiger partial charge in [0.15, 0.2) is 0 Å². The lowest BCUT2D eigenvalue weighted by molar-refractivity contribution is 0.146. The van der Waals surface area contributed by atoms with Crippen molar-refractivity contribution in [3.05, 3.63) is 0 Å². The normalized spacial score (nSPS) is 15.0. The maximum atomic E-state index is 12.2. The molecule has 0 saturated heterocycles. The molecule has 0 aromatic rings. The van der Waals surface area contributed by atoms with Crippen molar-refractivity contribution < 1.29 is 71.8 Å². The lowest BCUT2D eigenvalue weighted by atomic mass is 10.2. The highest BCUT2D eigenvalue weighted by Gasteiger charge is 2.57. The van der Waals surface area contributed by atoms with E-state index in [0.717, 1.165) is 0 Å². The van der Waals surface area contributed by atoms with Crippen molar-refractivity contribution in [2.24, 2.45) is 0 Å². The molecule has 0 aliphatic rings. The highest BCUT2D eigenvalue weighted by atomic mass is 31.2. The van der Waals surface area contributed by atoms with Crippen LogP contribution in [0.3, 0.4) is 0 Å². The molecule has 0 spiro atoms. The second kappa shape index (κ2) is 10.8. The largest absolute Gasteiger partial charge is 0.346 e. The third kappa shape index (κ3) is 12.7. The molecule has 0 heterocycles. The van der Waals surface area contributed by atoms with Crippen LogP contribution in [0.15, 0.2) is 0 Å². The summed E-state index contributed by atoms with van der Waals surface area (Å²) in [5.41, 5.74) is 0. The van der Waals surface area contributed by atoms with Crippen LogP contribution in [0.5, 0.6) is 0 Å². The molecule has 10 N–H and O–H groups in total. The first-order valence-corrected chi connectivity index (χ1v) is 16.8. The summed E-state index contributed by atoms with van der Waals surface area (Å²) in [5, 5.41) is -3.16. The Hall–Kier alpha value is 0.710. The lowest BCUT2D eigenvalue weighted by Crippen LogP contribution is -2.54. The topological polar surface area (TPSA) is 291 Å². The van der Waals surface area contributed by atoms with E-state index in [1.165, 1.54) is 0 Å². The minimum Gasteiger partial charge on any atom is -0.324 e. The Morgan fingerprint density at radius 1 is 0.533 bits per heavy atom. The van der Waals surface area contributed by atoms with Gasteiger partial charge in [-0.25, -0.2) is 0 Å². The maximum absolute atomic E-state index is 12.2. The molecule has 0 aliphatic heterocycles. The van der Waals surface area contributed by atoms with Crippen LogP contribution in [0.25, 0.3) is 0 Å². The average molecular weight is 543 g/mol. The predicted octanol–water partition coefficient (Wildman–Crippen LogP) is -1.35. The molecule has 0 aromatic carbocycles. The summed E-state index contributed by atoms with van der Waals surface area (Å²) in [6.07, 6.45) is -6.12. The van der Waals surface area contributed by atoms with Gasteiger partial charge < -0.3 is 48.9 Å². The molecule has 0 aromatic heterocycles. The molecule has 0 aliphatic carbocycles. The first kappa shape index (κ1) is 30.7. The Labute approximate surface area is 171 Å². The van der Waals surface area contributed by atoms with Crippen molar-refractivity contribution in [2.75, 3.05) is 37.7 Å². The standard InChI is InChI=1S/C9H26NO15P5/c11-26(12,13)5-1-3-10(4-2-6-27(14,15)16)9(30(23,24)25,7-28(17,18)19)8-29(20,21)22/h1-8H2,(H2,11,12,13)(H2,14,15,16)(H2,17,18,19)(H2,20,21,22)(H2,23,24,25). The summed E-state index contributed by atoms with van der Waals surface area (Å²) in [6.45, 7) is -1.39. The minimum atomic E-state index is -5.76. The quantitative estimate of drug-likeness (QED) is 0.113. The van der Waals surface area contributed by atoms with Crippen LogP contribution < -0.4 is 0 Å². The zero-order valence-corrected chi connectivity index (χ0v) is 19.8. The van der Waals surface area contributed by atoms with E-state index in [1.807, 2.05) is 0 Å². The van der Waals surface area contributed by atoms with E-state index in [4.69, 9.17) is 19.6 Å². The van der Waals surface area contributed by atoms with E-state index in [2.05, 4.69) is 0 Å². The first-order valence-electron chi connectivity index (χ1n) is 7.96. The third-order valence-electron chi connectivity index (χ3n) is 3.80. The summed E-state index contributed by atoms with van der Waals surface area (Å²) >= 11 is 0. The maximum Gasteiger partial charge on any atom is 0.346 e. The number of nitrogens with zero attached hydrogens (tertiary/aromatic N) is 1. The lowest BCUT2D eigenvalue weighted by Gasteiger charge is -2.44. The molecule has 0 rings (SSSR count). The molecule has 30 heavy (non-hydrogen) atoms. The first-order chi connectivity index (χ1) is 13.0. The van der Waals surface area contributed by atoms with E-state index in [9.17, 15) is 52.2 Å². The summed E-state index contributed by atoms with van der Waals surface area (Å²) in [5.74, 6) is 0. The molecule has 0 saturated carbocycles. The second-order valence-electron chi connectivity index (χ2n) is 6.64. The highest BCUT2D eigenvalue weighted by molar-refractivity contribution is 7.59. The smallest absolute Gasteiger partial charge is 0.324 e. The molecule has 21 heteroatoms. The molecule has 0 amide bonds. The molecular weight excluding hydrogens is 517 g/mol. The Morgan fingerprint density at radius 2 is 0.833 bits per heavy atom. The minimum absolute atomic E-state index is 0.510. The zero-order valence-electron chi connectivity index (χ0n) is 15.4. The predicted molar refractivity (Wildman–Crippen MR) is 103 cm³/mol. The van der Waals surface area contributed by atoms with E-state index >= 15 is 0 Å². The van der Waals surface area contributed by atoms with Crippen molar-refractivity contribution in [1.82, 2.24) is 4.90 Å². The van der Waals surface area contributed by atoms with Crippen molar-refractivity contribution >= 4 is 38.0 Å². The summed E-state index contributed by atoms with van der Waals surface area (Å²) in [6, 6.07) is 0. The van der Waals surface area contributed by atoms with E-state index < -0.39 is 93.8 Å². The molecule has 0 fully saturated rings. The van der Waals surface area contributed by atoms with Gasteiger partial charge in [0.2, 0.25) is 0 Å². The number of hydrogen-bond acceptors (Lipinski definition) is 6. The Morgan fingerprint density at radius 3 is 1.03 bits per heavy atom. The van der Waals surface area contributed by atoms with Crippen LogP contribution in [0.4, 0.5) is 0 Å².